The number of nitrogens with one attached hydrogen (secondary N) is 1. The molecule has 10 nitrogen and oxygen atoms in total. The quantitative estimate of drug-likeness (QED) is 0.386. The number of ether oxygens (including phenoxy) is 3. The van der Waals surface area contributed by atoms with Crippen LogP contribution in [0.3, 0.4) is 0 Å². The molecule has 11 heteroatoms. The van der Waals surface area contributed by atoms with Gasteiger partial charge in [-0.3, -0.25) is 0 Å². The van der Waals surface area contributed by atoms with Crippen LogP contribution in [0.1, 0.15) is 38.8 Å². The molecule has 0 aromatic heterocycles. The van der Waals surface area contributed by atoms with Crippen LogP contribution in [0.4, 0.5) is 10.5 Å². The van der Waals surface area contributed by atoms with Crippen LogP contribution in [0.25, 0.3) is 0 Å². The number of carbonyl (C=O) groups excluding carboxylic acids is 1. The van der Waals surface area contributed by atoms with Gasteiger partial charge in [0.25, 0.3) is 0 Å². The normalized spacial score (nSPS) is 23.7. The lowest BCUT2D eigenvalue weighted by atomic mass is 9.96. The molecule has 1 amide bonds. The van der Waals surface area contributed by atoms with Gasteiger partial charge in [0, 0.05) is 12.2 Å². The number of anilines is 1. The number of hydrogen-bond acceptors (Lipinski definition) is 8. The van der Waals surface area contributed by atoms with Crippen molar-refractivity contribution in [3.63, 3.8) is 0 Å². The molecular formula is C27H37N3O7S. The molecule has 2 heterocycles. The van der Waals surface area contributed by atoms with Gasteiger partial charge in [-0.2, -0.15) is 4.31 Å². The number of fused-ring (bicyclic) bond motifs is 1. The molecule has 2 saturated heterocycles. The third-order valence-electron chi connectivity index (χ3n) is 6.91. The van der Waals surface area contributed by atoms with E-state index in [0.29, 0.717) is 17.9 Å². The van der Waals surface area contributed by atoms with E-state index >= 15 is 0 Å². The Morgan fingerprint density at radius 1 is 1.13 bits per heavy atom. The monoisotopic (exact) mass is 547 g/mol. The molecule has 4 rings (SSSR count). The Morgan fingerprint density at radius 3 is 2.47 bits per heavy atom. The van der Waals surface area contributed by atoms with E-state index in [9.17, 15) is 18.3 Å². The van der Waals surface area contributed by atoms with E-state index in [2.05, 4.69) is 5.32 Å². The van der Waals surface area contributed by atoms with Gasteiger partial charge in [-0.05, 0) is 49.1 Å². The molecule has 2 fully saturated rings. The number of hydrogen-bond donors (Lipinski definition) is 3. The van der Waals surface area contributed by atoms with Crippen LogP contribution < -0.4 is 11.1 Å². The Balaban J connectivity index is 1.59. The third-order valence-corrected chi connectivity index (χ3v) is 8.77. The molecule has 0 bridgehead atoms. The van der Waals surface area contributed by atoms with Crippen LogP contribution in [-0.2, 0) is 24.2 Å². The summed E-state index contributed by atoms with van der Waals surface area (Å²) in [7, 11) is -4.05. The molecule has 38 heavy (non-hydrogen) atoms. The smallest absolute Gasteiger partial charge is 0.407 e. The van der Waals surface area contributed by atoms with Gasteiger partial charge in [-0.1, -0.05) is 44.2 Å². The van der Waals surface area contributed by atoms with Gasteiger partial charge >= 0.3 is 6.09 Å². The van der Waals surface area contributed by atoms with Gasteiger partial charge in [0.05, 0.1) is 42.2 Å². The molecule has 0 radical (unpaired) electrons. The fraction of sp³-hybridized carbons (Fsp3) is 0.519. The number of rotatable bonds is 10. The Labute approximate surface area is 224 Å². The zero-order valence-electron chi connectivity index (χ0n) is 21.9. The van der Waals surface area contributed by atoms with Crippen molar-refractivity contribution in [1.29, 1.82) is 0 Å². The van der Waals surface area contributed by atoms with Crippen LogP contribution in [0.5, 0.6) is 0 Å². The minimum absolute atomic E-state index is 0.0235. The van der Waals surface area contributed by atoms with Crippen LogP contribution in [0.15, 0.2) is 59.5 Å². The zero-order chi connectivity index (χ0) is 27.4. The molecule has 2 aromatic carbocycles. The predicted octanol–water partition coefficient (Wildman–Crippen LogP) is 2.89. The van der Waals surface area contributed by atoms with Crippen LogP contribution >= 0.6 is 0 Å². The highest BCUT2D eigenvalue weighted by Gasteiger charge is 2.44. The summed E-state index contributed by atoms with van der Waals surface area (Å²) in [6.07, 6.45) is -2.07. The molecule has 2 aliphatic heterocycles. The summed E-state index contributed by atoms with van der Waals surface area (Å²) >= 11 is 0. The summed E-state index contributed by atoms with van der Waals surface area (Å²) in [5.74, 6) is -0.0706. The lowest BCUT2D eigenvalue weighted by molar-refractivity contribution is -0.0907. The van der Waals surface area contributed by atoms with Crippen LogP contribution in [0.2, 0.25) is 0 Å². The number of carbonyl (C=O) groups is 1. The van der Waals surface area contributed by atoms with Gasteiger partial charge in [-0.25, -0.2) is 13.2 Å². The summed E-state index contributed by atoms with van der Waals surface area (Å²) in [4.78, 5) is 12.8. The van der Waals surface area contributed by atoms with E-state index in [-0.39, 0.29) is 36.2 Å². The molecule has 4 N–H and O–H groups in total. The minimum atomic E-state index is -4.05. The molecular weight excluding hydrogens is 510 g/mol. The molecule has 208 valence electrons. The van der Waals surface area contributed by atoms with Gasteiger partial charge in [0.1, 0.15) is 6.10 Å². The first-order valence-corrected chi connectivity index (χ1v) is 14.3. The fourth-order valence-electron chi connectivity index (χ4n) is 4.94. The minimum Gasteiger partial charge on any atom is -0.443 e. The number of benzene rings is 2. The number of nitrogens with two attached hydrogens (primary N) is 1. The molecule has 2 aromatic rings. The highest BCUT2D eigenvalue weighted by atomic mass is 32.2. The number of alkyl carbamates (subject to hydrolysis) is 1. The second-order valence-electron chi connectivity index (χ2n) is 10.3. The molecule has 6 atom stereocenters. The standard InChI is InChI=1S/C27H37N3O7S/c1-17(2)15-30(38(33,34)21-11-9-20(28)10-12-21)24(19-7-5-4-6-8-19)25(31)18(3)29-27(32)37-23-16-36-26-22(23)13-14-35-26/h4-12,17-18,22-26,31H,13-16,28H2,1-3H3,(H,29,32)/t18-,22-,23-,24?,25+,26+/m0/s1. The van der Waals surface area contributed by atoms with Gasteiger partial charge in [0.2, 0.25) is 10.0 Å². The first kappa shape index (κ1) is 28.3. The van der Waals surface area contributed by atoms with Gasteiger partial charge in [0.15, 0.2) is 6.29 Å². The van der Waals surface area contributed by atoms with Crippen molar-refractivity contribution in [2.75, 3.05) is 25.5 Å². The lowest BCUT2D eigenvalue weighted by Crippen LogP contribution is -2.51. The molecule has 0 spiro atoms. The first-order valence-electron chi connectivity index (χ1n) is 12.9. The highest BCUT2D eigenvalue weighted by molar-refractivity contribution is 7.89. The largest absolute Gasteiger partial charge is 0.443 e. The van der Waals surface area contributed by atoms with E-state index in [4.69, 9.17) is 19.9 Å². The van der Waals surface area contributed by atoms with Crippen molar-refractivity contribution >= 4 is 21.8 Å². The first-order chi connectivity index (χ1) is 18.1. The Kier molecular flexibility index (Phi) is 8.94. The lowest BCUT2D eigenvalue weighted by Gasteiger charge is -2.37. The fourth-order valence-corrected chi connectivity index (χ4v) is 6.73. The van der Waals surface area contributed by atoms with E-state index in [0.717, 1.165) is 6.42 Å². The summed E-state index contributed by atoms with van der Waals surface area (Å²) in [5, 5.41) is 14.3. The average molecular weight is 548 g/mol. The Morgan fingerprint density at radius 2 is 1.82 bits per heavy atom. The molecule has 2 aliphatic rings. The number of amides is 1. The van der Waals surface area contributed by atoms with Crippen molar-refractivity contribution in [3.05, 3.63) is 60.2 Å². The summed E-state index contributed by atoms with van der Waals surface area (Å²) < 4.78 is 45.7. The Hall–Kier alpha value is -2.70. The zero-order valence-corrected chi connectivity index (χ0v) is 22.7. The van der Waals surface area contributed by atoms with Crippen LogP contribution in [0, 0.1) is 11.8 Å². The summed E-state index contributed by atoms with van der Waals surface area (Å²) in [5.41, 5.74) is 6.82. The number of aliphatic hydroxyl groups is 1. The van der Waals surface area contributed by atoms with Crippen molar-refractivity contribution in [1.82, 2.24) is 9.62 Å². The third kappa shape index (κ3) is 6.29. The summed E-state index contributed by atoms with van der Waals surface area (Å²) in [6, 6.07) is 13.0. The van der Waals surface area contributed by atoms with Crippen LogP contribution in [-0.4, -0.2) is 68.2 Å². The maximum Gasteiger partial charge on any atom is 0.407 e. The predicted molar refractivity (Wildman–Crippen MR) is 141 cm³/mol. The molecule has 0 saturated carbocycles. The SMILES string of the molecule is CC(C)CN(C(c1ccccc1)[C@H](O)[C@H](C)NC(=O)O[C@H]1CO[C@H]2OCC[C@H]21)S(=O)(=O)c1ccc(N)cc1. The second kappa shape index (κ2) is 12.0. The van der Waals surface area contributed by atoms with Crippen molar-refractivity contribution < 1.29 is 32.5 Å². The molecule has 0 aliphatic carbocycles. The number of nitrogen functional groups attached to an aromatic ring is 1. The Bertz CT molecular complexity index is 1180. The maximum absolute atomic E-state index is 13.9. The van der Waals surface area contributed by atoms with E-state index in [1.807, 2.05) is 19.9 Å². The van der Waals surface area contributed by atoms with E-state index < -0.39 is 40.4 Å². The average Bonchev–Trinajstić information content (AvgIpc) is 3.49. The van der Waals surface area contributed by atoms with E-state index in [1.165, 1.54) is 28.6 Å². The maximum atomic E-state index is 13.9. The number of nitrogens with zero attached hydrogens (tertiary/aromatic N) is 1. The summed E-state index contributed by atoms with van der Waals surface area (Å²) in [6.45, 7) is 6.37. The van der Waals surface area contributed by atoms with Crippen molar-refractivity contribution in [2.45, 2.75) is 62.7 Å². The number of sulfonamides is 1. The van der Waals surface area contributed by atoms with Crippen molar-refractivity contribution in [3.8, 4) is 0 Å². The topological polar surface area (TPSA) is 140 Å². The molecule has 1 unspecified atom stereocenters. The highest BCUT2D eigenvalue weighted by Crippen LogP contribution is 2.34. The van der Waals surface area contributed by atoms with Crippen molar-refractivity contribution in [2.24, 2.45) is 11.8 Å². The second-order valence-corrected chi connectivity index (χ2v) is 12.2. The van der Waals surface area contributed by atoms with Gasteiger partial charge in [-0.15, -0.1) is 0 Å². The number of aliphatic hydroxyl groups excluding tert-OH is 1. The van der Waals surface area contributed by atoms with Gasteiger partial charge < -0.3 is 30.4 Å². The van der Waals surface area contributed by atoms with E-state index in [1.54, 1.807) is 31.2 Å².